The third-order valence-corrected chi connectivity index (χ3v) is 3.87. The second-order valence-electron chi connectivity index (χ2n) is 4.73. The number of aromatic nitrogens is 2. The van der Waals surface area contributed by atoms with Crippen LogP contribution in [0.2, 0.25) is 0 Å². The van der Waals surface area contributed by atoms with E-state index in [-0.39, 0.29) is 18.6 Å². The van der Waals surface area contributed by atoms with E-state index in [1.807, 2.05) is 0 Å². The number of rotatable bonds is 5. The van der Waals surface area contributed by atoms with Crippen LogP contribution in [0.4, 0.5) is 0 Å². The summed E-state index contributed by atoms with van der Waals surface area (Å²) in [6.45, 7) is 2.00. The molecule has 2 rings (SSSR count). The van der Waals surface area contributed by atoms with Crippen LogP contribution in [0.3, 0.4) is 0 Å². The second-order valence-corrected chi connectivity index (χ2v) is 7.21. The quantitative estimate of drug-likeness (QED) is 0.837. The van der Waals surface area contributed by atoms with Crippen molar-refractivity contribution in [3.05, 3.63) is 40.4 Å². The van der Waals surface area contributed by atoms with Gasteiger partial charge >= 0.3 is 0 Å². The van der Waals surface area contributed by atoms with E-state index in [0.29, 0.717) is 16.7 Å². The summed E-state index contributed by atoms with van der Waals surface area (Å²) in [4.78, 5) is 16.9. The number of nitrogens with one attached hydrogen (secondary N) is 1. The van der Waals surface area contributed by atoms with Crippen molar-refractivity contribution in [1.29, 1.82) is 0 Å². The molecule has 0 amide bonds. The van der Waals surface area contributed by atoms with Gasteiger partial charge in [0.2, 0.25) is 10.0 Å². The van der Waals surface area contributed by atoms with Gasteiger partial charge in [0.25, 0.3) is 5.56 Å². The number of fused-ring (bicyclic) bond motifs is 1. The van der Waals surface area contributed by atoms with Gasteiger partial charge in [-0.25, -0.2) is 18.1 Å². The van der Waals surface area contributed by atoms with Gasteiger partial charge in [-0.2, -0.15) is 0 Å². The maximum atomic E-state index is 12.5. The van der Waals surface area contributed by atoms with Gasteiger partial charge in [-0.05, 0) is 19.1 Å². The Bertz CT molecular complexity index is 815. The molecule has 1 unspecified atom stereocenters. The van der Waals surface area contributed by atoms with E-state index in [1.165, 1.54) is 4.57 Å². The average molecular weight is 330 g/mol. The second kappa shape index (κ2) is 6.13. The SMILES string of the molecule is CC(Cl)c1nc2ccccc2c(=O)n1CCNS(C)(=O)=O. The first kappa shape index (κ1) is 15.9. The van der Waals surface area contributed by atoms with Gasteiger partial charge in [-0.15, -0.1) is 11.6 Å². The third kappa shape index (κ3) is 3.81. The first-order valence-corrected chi connectivity index (χ1v) is 8.70. The van der Waals surface area contributed by atoms with Gasteiger partial charge in [0.1, 0.15) is 5.82 Å². The van der Waals surface area contributed by atoms with E-state index in [1.54, 1.807) is 31.2 Å². The van der Waals surface area contributed by atoms with Crippen molar-refractivity contribution in [2.45, 2.75) is 18.8 Å². The zero-order valence-corrected chi connectivity index (χ0v) is 13.3. The van der Waals surface area contributed by atoms with Crippen LogP contribution in [0, 0.1) is 0 Å². The first-order valence-electron chi connectivity index (χ1n) is 6.38. The summed E-state index contributed by atoms with van der Waals surface area (Å²) in [5.74, 6) is 0.427. The zero-order valence-electron chi connectivity index (χ0n) is 11.7. The van der Waals surface area contributed by atoms with Crippen LogP contribution in [0.25, 0.3) is 10.9 Å². The molecule has 0 saturated heterocycles. The first-order chi connectivity index (χ1) is 9.79. The molecular formula is C13H16ClN3O3S. The molecule has 0 aliphatic rings. The van der Waals surface area contributed by atoms with Crippen LogP contribution in [-0.2, 0) is 16.6 Å². The van der Waals surface area contributed by atoms with E-state index < -0.39 is 15.4 Å². The molecule has 0 aliphatic heterocycles. The molecule has 1 N–H and O–H groups in total. The Balaban J connectivity index is 2.47. The maximum absolute atomic E-state index is 12.5. The molecule has 1 aromatic heterocycles. The van der Waals surface area contributed by atoms with Crippen LogP contribution in [0.5, 0.6) is 0 Å². The summed E-state index contributed by atoms with van der Waals surface area (Å²) in [5, 5.41) is 0.0264. The third-order valence-electron chi connectivity index (χ3n) is 2.95. The Kier molecular flexibility index (Phi) is 4.65. The van der Waals surface area contributed by atoms with E-state index in [9.17, 15) is 13.2 Å². The number of nitrogens with zero attached hydrogens (tertiary/aromatic N) is 2. The molecule has 114 valence electrons. The molecule has 0 bridgehead atoms. The van der Waals surface area contributed by atoms with Crippen molar-refractivity contribution in [2.75, 3.05) is 12.8 Å². The van der Waals surface area contributed by atoms with Crippen molar-refractivity contribution in [3.8, 4) is 0 Å². The highest BCUT2D eigenvalue weighted by Gasteiger charge is 2.14. The maximum Gasteiger partial charge on any atom is 0.261 e. The normalized spacial score (nSPS) is 13.5. The Morgan fingerprint density at radius 2 is 2.05 bits per heavy atom. The van der Waals surface area contributed by atoms with Crippen LogP contribution >= 0.6 is 11.6 Å². The Hall–Kier alpha value is -1.44. The summed E-state index contributed by atoms with van der Waals surface area (Å²) in [6.07, 6.45) is 1.07. The standard InChI is InChI=1S/C13H16ClN3O3S/c1-9(14)12-16-11-6-4-3-5-10(11)13(18)17(12)8-7-15-21(2,19)20/h3-6,9,15H,7-8H2,1-2H3. The fourth-order valence-electron chi connectivity index (χ4n) is 2.05. The molecular weight excluding hydrogens is 314 g/mol. The predicted molar refractivity (Wildman–Crippen MR) is 83.1 cm³/mol. The highest BCUT2D eigenvalue weighted by atomic mass is 35.5. The summed E-state index contributed by atoms with van der Waals surface area (Å²) in [7, 11) is -3.30. The minimum absolute atomic E-state index is 0.107. The van der Waals surface area contributed by atoms with Gasteiger partial charge in [0.15, 0.2) is 0 Å². The lowest BCUT2D eigenvalue weighted by Crippen LogP contribution is -2.32. The monoisotopic (exact) mass is 329 g/mol. The number of benzene rings is 1. The highest BCUT2D eigenvalue weighted by Crippen LogP contribution is 2.18. The lowest BCUT2D eigenvalue weighted by molar-refractivity contribution is 0.567. The number of halogens is 1. The molecule has 1 aromatic carbocycles. The van der Waals surface area contributed by atoms with E-state index >= 15 is 0 Å². The van der Waals surface area contributed by atoms with Crippen LogP contribution in [0.15, 0.2) is 29.1 Å². The van der Waals surface area contributed by atoms with Crippen molar-refractivity contribution < 1.29 is 8.42 Å². The molecule has 1 heterocycles. The smallest absolute Gasteiger partial charge is 0.261 e. The van der Waals surface area contributed by atoms with E-state index in [4.69, 9.17) is 11.6 Å². The molecule has 21 heavy (non-hydrogen) atoms. The fraction of sp³-hybridized carbons (Fsp3) is 0.385. The summed E-state index contributed by atoms with van der Waals surface area (Å²) in [6, 6.07) is 6.99. The molecule has 0 radical (unpaired) electrons. The lowest BCUT2D eigenvalue weighted by Gasteiger charge is -2.14. The molecule has 2 aromatic rings. The van der Waals surface area contributed by atoms with Gasteiger partial charge in [0, 0.05) is 13.1 Å². The Morgan fingerprint density at radius 3 is 2.67 bits per heavy atom. The minimum Gasteiger partial charge on any atom is -0.294 e. The number of hydrogen-bond acceptors (Lipinski definition) is 4. The average Bonchev–Trinajstić information content (AvgIpc) is 2.39. The van der Waals surface area contributed by atoms with Gasteiger partial charge in [-0.3, -0.25) is 9.36 Å². The zero-order chi connectivity index (χ0) is 15.6. The largest absolute Gasteiger partial charge is 0.294 e. The van der Waals surface area contributed by atoms with Crippen LogP contribution in [-0.4, -0.2) is 30.8 Å². The van der Waals surface area contributed by atoms with Gasteiger partial charge in [0.05, 0.1) is 22.5 Å². The molecule has 1 atom stereocenters. The van der Waals surface area contributed by atoms with Crippen LogP contribution in [0.1, 0.15) is 18.1 Å². The van der Waals surface area contributed by atoms with Crippen molar-refractivity contribution >= 4 is 32.5 Å². The van der Waals surface area contributed by atoms with Crippen LogP contribution < -0.4 is 10.3 Å². The minimum atomic E-state index is -3.30. The lowest BCUT2D eigenvalue weighted by atomic mass is 10.2. The molecule has 0 spiro atoms. The van der Waals surface area contributed by atoms with Crippen molar-refractivity contribution in [1.82, 2.24) is 14.3 Å². The summed E-state index contributed by atoms with van der Waals surface area (Å²) >= 11 is 6.09. The topological polar surface area (TPSA) is 81.1 Å². The van der Waals surface area contributed by atoms with E-state index in [2.05, 4.69) is 9.71 Å². The van der Waals surface area contributed by atoms with Crippen molar-refractivity contribution in [3.63, 3.8) is 0 Å². The fourth-order valence-corrected chi connectivity index (χ4v) is 2.68. The number of alkyl halides is 1. The molecule has 0 saturated carbocycles. The molecule has 0 aliphatic carbocycles. The Labute approximate surface area is 127 Å². The number of hydrogen-bond donors (Lipinski definition) is 1. The molecule has 8 heteroatoms. The molecule has 0 fully saturated rings. The van der Waals surface area contributed by atoms with Crippen molar-refractivity contribution in [2.24, 2.45) is 0 Å². The number of para-hydroxylation sites is 1. The molecule has 6 nitrogen and oxygen atoms in total. The summed E-state index contributed by atoms with van der Waals surface area (Å²) < 4.78 is 26.0. The summed E-state index contributed by atoms with van der Waals surface area (Å²) in [5.41, 5.74) is 0.357. The van der Waals surface area contributed by atoms with Gasteiger partial charge < -0.3 is 0 Å². The van der Waals surface area contributed by atoms with E-state index in [0.717, 1.165) is 6.26 Å². The highest BCUT2D eigenvalue weighted by molar-refractivity contribution is 7.88. The number of sulfonamides is 1. The predicted octanol–water partition coefficient (Wildman–Crippen LogP) is 1.25. The van der Waals surface area contributed by atoms with Gasteiger partial charge in [-0.1, -0.05) is 12.1 Å². The Morgan fingerprint density at radius 1 is 1.38 bits per heavy atom.